The molecule has 0 aliphatic heterocycles. The van der Waals surface area contributed by atoms with Crippen molar-refractivity contribution >= 4 is 0 Å². The van der Waals surface area contributed by atoms with Crippen LogP contribution in [-0.2, 0) is 6.54 Å². The Labute approximate surface area is 70.9 Å². The van der Waals surface area contributed by atoms with Gasteiger partial charge in [-0.15, -0.1) is 0 Å². The van der Waals surface area contributed by atoms with Crippen molar-refractivity contribution in [1.29, 1.82) is 0 Å². The lowest BCUT2D eigenvalue weighted by atomic mass is 9.95. The highest BCUT2D eigenvalue weighted by atomic mass is 16.3. The highest BCUT2D eigenvalue weighted by molar-refractivity contribution is 4.79. The van der Waals surface area contributed by atoms with Crippen LogP contribution in [0.4, 0.5) is 0 Å². The average Bonchev–Trinajstić information content (AvgIpc) is 2.36. The van der Waals surface area contributed by atoms with Crippen molar-refractivity contribution in [3.05, 3.63) is 22.9 Å². The fraction of sp³-hybridized carbons (Fsp3) is 0.625. The van der Waals surface area contributed by atoms with Crippen molar-refractivity contribution in [3.63, 3.8) is 0 Å². The smallest absolute Gasteiger partial charge is 0.325 e. The summed E-state index contributed by atoms with van der Waals surface area (Å²) < 4.78 is 1.55. The van der Waals surface area contributed by atoms with Crippen LogP contribution in [0.1, 0.15) is 13.8 Å². The van der Waals surface area contributed by atoms with Crippen LogP contribution in [0, 0.1) is 5.41 Å². The van der Waals surface area contributed by atoms with E-state index in [1.165, 1.54) is 0 Å². The van der Waals surface area contributed by atoms with E-state index in [0.717, 1.165) is 0 Å². The molecule has 0 unspecified atom stereocenters. The number of hydrogen-bond donors (Lipinski definition) is 2. The van der Waals surface area contributed by atoms with Crippen LogP contribution in [0.15, 0.2) is 17.2 Å². The number of aliphatic hydroxyl groups is 1. The lowest BCUT2D eigenvalue weighted by molar-refractivity contribution is 0.140. The summed E-state index contributed by atoms with van der Waals surface area (Å²) in [5.41, 5.74) is -0.372. The van der Waals surface area contributed by atoms with E-state index in [0.29, 0.717) is 6.54 Å². The Kier molecular flexibility index (Phi) is 2.38. The molecule has 0 aliphatic carbocycles. The zero-order valence-electron chi connectivity index (χ0n) is 7.37. The molecule has 1 rings (SSSR count). The second-order valence-corrected chi connectivity index (χ2v) is 3.72. The van der Waals surface area contributed by atoms with Gasteiger partial charge in [-0.1, -0.05) is 13.8 Å². The summed E-state index contributed by atoms with van der Waals surface area (Å²) >= 11 is 0. The second kappa shape index (κ2) is 3.15. The monoisotopic (exact) mass is 170 g/mol. The Morgan fingerprint density at radius 3 is 2.75 bits per heavy atom. The van der Waals surface area contributed by atoms with Gasteiger partial charge in [-0.25, -0.2) is 4.79 Å². The number of H-pyrrole nitrogens is 1. The summed E-state index contributed by atoms with van der Waals surface area (Å²) in [4.78, 5) is 13.6. The number of aromatic nitrogens is 2. The molecular weight excluding hydrogens is 156 g/mol. The Bertz CT molecular complexity index is 298. The number of rotatable bonds is 3. The molecule has 0 atom stereocenters. The number of nitrogens with zero attached hydrogens (tertiary/aromatic N) is 1. The Hall–Kier alpha value is -1.03. The van der Waals surface area contributed by atoms with E-state index in [-0.39, 0.29) is 17.7 Å². The molecule has 12 heavy (non-hydrogen) atoms. The Balaban J connectivity index is 2.77. The SMILES string of the molecule is CC(C)(CO)Cn1cc[nH]c1=O. The molecule has 2 N–H and O–H groups in total. The third-order valence-electron chi connectivity index (χ3n) is 1.75. The molecule has 1 heterocycles. The highest BCUT2D eigenvalue weighted by Gasteiger charge is 2.17. The summed E-state index contributed by atoms with van der Waals surface area (Å²) in [5, 5.41) is 8.96. The zero-order chi connectivity index (χ0) is 9.19. The largest absolute Gasteiger partial charge is 0.396 e. The van der Waals surface area contributed by atoms with E-state index in [9.17, 15) is 4.79 Å². The standard InChI is InChI=1S/C8H14N2O2/c1-8(2,6-11)5-10-4-3-9-7(10)12/h3-4,11H,5-6H2,1-2H3,(H,9,12). The van der Waals surface area contributed by atoms with Gasteiger partial charge < -0.3 is 10.1 Å². The van der Waals surface area contributed by atoms with Gasteiger partial charge in [0, 0.05) is 31.0 Å². The van der Waals surface area contributed by atoms with E-state index in [2.05, 4.69) is 4.98 Å². The van der Waals surface area contributed by atoms with E-state index in [1.54, 1.807) is 17.0 Å². The van der Waals surface area contributed by atoms with Gasteiger partial charge in [-0.05, 0) is 0 Å². The normalized spacial score (nSPS) is 11.9. The maximum Gasteiger partial charge on any atom is 0.325 e. The van der Waals surface area contributed by atoms with Crippen LogP contribution >= 0.6 is 0 Å². The number of imidazole rings is 1. The van der Waals surface area contributed by atoms with Gasteiger partial charge in [-0.3, -0.25) is 4.57 Å². The zero-order valence-corrected chi connectivity index (χ0v) is 7.37. The number of aliphatic hydroxyl groups excluding tert-OH is 1. The van der Waals surface area contributed by atoms with Gasteiger partial charge in [0.05, 0.1) is 0 Å². The molecule has 0 saturated carbocycles. The minimum absolute atomic E-state index is 0.0740. The fourth-order valence-corrected chi connectivity index (χ4v) is 0.985. The van der Waals surface area contributed by atoms with Gasteiger partial charge in [0.25, 0.3) is 0 Å². The van der Waals surface area contributed by atoms with Gasteiger partial charge in [0.15, 0.2) is 0 Å². The van der Waals surface area contributed by atoms with Gasteiger partial charge in [0.1, 0.15) is 0 Å². The molecule has 0 saturated heterocycles. The van der Waals surface area contributed by atoms with Crippen LogP contribution in [0.5, 0.6) is 0 Å². The molecule has 0 fully saturated rings. The molecule has 4 nitrogen and oxygen atoms in total. The first-order chi connectivity index (χ1) is 5.55. The van der Waals surface area contributed by atoms with Crippen LogP contribution in [-0.4, -0.2) is 21.3 Å². The molecule has 1 aromatic rings. The lowest BCUT2D eigenvalue weighted by Gasteiger charge is -2.20. The van der Waals surface area contributed by atoms with Crippen molar-refractivity contribution in [2.75, 3.05) is 6.61 Å². The summed E-state index contributed by atoms with van der Waals surface area (Å²) in [6, 6.07) is 0. The fourth-order valence-electron chi connectivity index (χ4n) is 0.985. The second-order valence-electron chi connectivity index (χ2n) is 3.72. The summed E-state index contributed by atoms with van der Waals surface area (Å²) in [7, 11) is 0. The highest BCUT2D eigenvalue weighted by Crippen LogP contribution is 2.14. The van der Waals surface area contributed by atoms with Gasteiger partial charge in [0.2, 0.25) is 0 Å². The molecule has 0 amide bonds. The average molecular weight is 170 g/mol. The number of hydrogen-bond acceptors (Lipinski definition) is 2. The van der Waals surface area contributed by atoms with Crippen molar-refractivity contribution in [2.45, 2.75) is 20.4 Å². The molecule has 4 heteroatoms. The topological polar surface area (TPSA) is 58.0 Å². The van der Waals surface area contributed by atoms with E-state index >= 15 is 0 Å². The predicted octanol–water partition coefficient (Wildman–Crippen LogP) is 0.195. The summed E-state index contributed by atoms with van der Waals surface area (Å²) in [5.74, 6) is 0. The molecule has 1 aromatic heterocycles. The molecule has 0 aliphatic rings. The third-order valence-corrected chi connectivity index (χ3v) is 1.75. The maximum atomic E-state index is 11.0. The molecule has 0 spiro atoms. The first kappa shape index (κ1) is 9.06. The van der Waals surface area contributed by atoms with E-state index in [1.807, 2.05) is 13.8 Å². The van der Waals surface area contributed by atoms with Crippen LogP contribution in [0.3, 0.4) is 0 Å². The Morgan fingerprint density at radius 2 is 2.33 bits per heavy atom. The molecule has 0 bridgehead atoms. The van der Waals surface area contributed by atoms with E-state index in [4.69, 9.17) is 5.11 Å². The van der Waals surface area contributed by atoms with Gasteiger partial charge >= 0.3 is 5.69 Å². The predicted molar refractivity (Wildman–Crippen MR) is 45.9 cm³/mol. The minimum atomic E-state index is -0.244. The van der Waals surface area contributed by atoms with Crippen molar-refractivity contribution in [2.24, 2.45) is 5.41 Å². The number of nitrogens with one attached hydrogen (secondary N) is 1. The van der Waals surface area contributed by atoms with Crippen LogP contribution in [0.25, 0.3) is 0 Å². The summed E-state index contributed by atoms with van der Waals surface area (Å²) in [6.07, 6.45) is 3.27. The Morgan fingerprint density at radius 1 is 1.67 bits per heavy atom. The minimum Gasteiger partial charge on any atom is -0.396 e. The quantitative estimate of drug-likeness (QED) is 0.680. The van der Waals surface area contributed by atoms with Crippen LogP contribution < -0.4 is 5.69 Å². The third kappa shape index (κ3) is 1.98. The number of aromatic amines is 1. The van der Waals surface area contributed by atoms with E-state index < -0.39 is 0 Å². The molecule has 0 aromatic carbocycles. The first-order valence-corrected chi connectivity index (χ1v) is 3.90. The lowest BCUT2D eigenvalue weighted by Crippen LogP contribution is -2.29. The van der Waals surface area contributed by atoms with Gasteiger partial charge in [-0.2, -0.15) is 0 Å². The molecular formula is C8H14N2O2. The maximum absolute atomic E-state index is 11.0. The van der Waals surface area contributed by atoms with Crippen molar-refractivity contribution < 1.29 is 5.11 Å². The molecule has 68 valence electrons. The van der Waals surface area contributed by atoms with Crippen molar-refractivity contribution in [3.8, 4) is 0 Å². The van der Waals surface area contributed by atoms with Crippen molar-refractivity contribution in [1.82, 2.24) is 9.55 Å². The first-order valence-electron chi connectivity index (χ1n) is 3.90. The molecule has 0 radical (unpaired) electrons. The van der Waals surface area contributed by atoms with Crippen LogP contribution in [0.2, 0.25) is 0 Å². The summed E-state index contributed by atoms with van der Waals surface area (Å²) in [6.45, 7) is 4.43.